The monoisotopic (exact) mass is 367 g/mol. The zero-order valence-electron chi connectivity index (χ0n) is 12.7. The van der Waals surface area contributed by atoms with Crippen LogP contribution >= 0.6 is 0 Å². The third-order valence-electron chi connectivity index (χ3n) is 5.05. The number of likely N-dealkylation sites (N-methyl/N-ethyl adjacent to an activating group) is 2. The first-order valence-corrected chi connectivity index (χ1v) is 7.06. The van der Waals surface area contributed by atoms with E-state index in [0.717, 1.165) is 17.9 Å². The molecule has 18 heavy (non-hydrogen) atoms. The zero-order chi connectivity index (χ0) is 12.6. The highest BCUT2D eigenvalue weighted by Crippen LogP contribution is 2.41. The Morgan fingerprint density at radius 1 is 0.944 bits per heavy atom. The molecular formula is C14H30IN3. The van der Waals surface area contributed by atoms with E-state index in [1.807, 2.05) is 0 Å². The summed E-state index contributed by atoms with van der Waals surface area (Å²) in [6.45, 7) is 5.35. The smallest absolute Gasteiger partial charge is 0.106 e. The molecule has 0 radical (unpaired) electrons. The first kappa shape index (κ1) is 16.7. The van der Waals surface area contributed by atoms with Gasteiger partial charge in [0.2, 0.25) is 0 Å². The van der Waals surface area contributed by atoms with Gasteiger partial charge in [-0.25, -0.2) is 0 Å². The Morgan fingerprint density at radius 3 is 1.89 bits per heavy atom. The second kappa shape index (κ2) is 6.37. The molecule has 3 rings (SSSR count). The van der Waals surface area contributed by atoms with Crippen LogP contribution in [-0.4, -0.2) is 81.7 Å². The van der Waals surface area contributed by atoms with Gasteiger partial charge >= 0.3 is 0 Å². The predicted octanol–water partition coefficient (Wildman–Crippen LogP) is -2.03. The molecule has 0 spiro atoms. The van der Waals surface area contributed by atoms with E-state index in [-0.39, 0.29) is 24.0 Å². The van der Waals surface area contributed by atoms with Crippen molar-refractivity contribution in [3.63, 3.8) is 0 Å². The first-order valence-electron chi connectivity index (χ1n) is 7.06. The van der Waals surface area contributed by atoms with E-state index in [9.17, 15) is 0 Å². The molecule has 3 heterocycles. The molecule has 2 atom stereocenters. The van der Waals surface area contributed by atoms with Crippen LogP contribution in [0, 0.1) is 11.8 Å². The minimum Gasteiger partial charge on any atom is -1.00 e. The first-order chi connectivity index (χ1) is 7.92. The number of quaternary nitrogens is 1. The average Bonchev–Trinajstić information content (AvgIpc) is 2.22. The number of rotatable bonds is 4. The van der Waals surface area contributed by atoms with Crippen molar-refractivity contribution in [1.29, 1.82) is 0 Å². The second-order valence-electron chi connectivity index (χ2n) is 7.02. The summed E-state index contributed by atoms with van der Waals surface area (Å²) >= 11 is 0. The van der Waals surface area contributed by atoms with Crippen molar-refractivity contribution < 1.29 is 28.5 Å². The van der Waals surface area contributed by atoms with Gasteiger partial charge < -0.3 is 38.3 Å². The van der Waals surface area contributed by atoms with Crippen LogP contribution in [0.2, 0.25) is 0 Å². The zero-order valence-corrected chi connectivity index (χ0v) is 14.9. The fourth-order valence-corrected chi connectivity index (χ4v) is 4.11. The maximum atomic E-state index is 2.49. The molecule has 3 fully saturated rings. The summed E-state index contributed by atoms with van der Waals surface area (Å²) in [5.74, 6) is 1.89. The number of fused-ring (bicyclic) bond motifs is 3. The summed E-state index contributed by atoms with van der Waals surface area (Å²) in [5, 5.41) is 0. The fourth-order valence-electron chi connectivity index (χ4n) is 4.11. The number of hydrogen-bond acceptors (Lipinski definition) is 2. The van der Waals surface area contributed by atoms with Gasteiger partial charge in [-0.2, -0.15) is 0 Å². The standard InChI is InChI=1S/C14H30N3.HI/c1-15(2)10-13-12-6-8-17(5,9-7-12)14(13)11-16(3)4;/h12-14H,6-11H2,1-5H3;1H/q+1;/p-1. The lowest BCUT2D eigenvalue weighted by Gasteiger charge is -2.57. The van der Waals surface area contributed by atoms with Crippen molar-refractivity contribution in [2.24, 2.45) is 11.8 Å². The van der Waals surface area contributed by atoms with Crippen LogP contribution in [0.1, 0.15) is 12.8 Å². The Labute approximate surface area is 130 Å². The Morgan fingerprint density at radius 2 is 1.44 bits per heavy atom. The third kappa shape index (κ3) is 3.38. The van der Waals surface area contributed by atoms with E-state index in [1.54, 1.807) is 0 Å². The van der Waals surface area contributed by atoms with Crippen LogP contribution in [0.15, 0.2) is 0 Å². The number of nitrogens with zero attached hydrogens (tertiary/aromatic N) is 3. The normalized spacial score (nSPS) is 39.2. The van der Waals surface area contributed by atoms with Gasteiger partial charge in [0.05, 0.1) is 26.7 Å². The molecule has 3 aliphatic rings. The van der Waals surface area contributed by atoms with E-state index in [4.69, 9.17) is 0 Å². The molecule has 0 aromatic carbocycles. The maximum Gasteiger partial charge on any atom is 0.106 e. The highest BCUT2D eigenvalue weighted by Gasteiger charge is 2.51. The van der Waals surface area contributed by atoms with Gasteiger partial charge in [-0.3, -0.25) is 0 Å². The van der Waals surface area contributed by atoms with Crippen molar-refractivity contribution in [1.82, 2.24) is 9.80 Å². The highest BCUT2D eigenvalue weighted by molar-refractivity contribution is 4.89. The number of halogens is 1. The molecule has 4 heteroatoms. The van der Waals surface area contributed by atoms with Crippen LogP contribution in [0.4, 0.5) is 0 Å². The van der Waals surface area contributed by atoms with Gasteiger partial charge in [-0.1, -0.05) is 0 Å². The highest BCUT2D eigenvalue weighted by atomic mass is 127. The van der Waals surface area contributed by atoms with Crippen LogP contribution in [0.3, 0.4) is 0 Å². The quantitative estimate of drug-likeness (QED) is 0.418. The Kier molecular flexibility index (Phi) is 5.90. The lowest BCUT2D eigenvalue weighted by Crippen LogP contribution is -3.00. The SMILES string of the molecule is CN(C)CC1C2CC[N+](C)(CC2)C1CN(C)C.[I-]. The molecular weight excluding hydrogens is 337 g/mol. The van der Waals surface area contributed by atoms with Gasteiger partial charge in [0.25, 0.3) is 0 Å². The summed E-state index contributed by atoms with van der Waals surface area (Å²) in [6, 6.07) is 0.847. The summed E-state index contributed by atoms with van der Waals surface area (Å²) < 4.78 is 1.33. The van der Waals surface area contributed by atoms with Crippen LogP contribution < -0.4 is 24.0 Å². The molecule has 0 aromatic rings. The minimum absolute atomic E-state index is 0. The van der Waals surface area contributed by atoms with E-state index in [1.165, 1.54) is 43.5 Å². The van der Waals surface area contributed by atoms with Gasteiger partial charge in [-0.15, -0.1) is 0 Å². The topological polar surface area (TPSA) is 6.48 Å². The molecule has 3 saturated heterocycles. The number of piperidine rings is 3. The van der Waals surface area contributed by atoms with Gasteiger partial charge in [-0.05, 0) is 34.1 Å². The number of hydrogen-bond donors (Lipinski definition) is 0. The Bertz CT molecular complexity index is 260. The lowest BCUT2D eigenvalue weighted by molar-refractivity contribution is -0.953. The van der Waals surface area contributed by atoms with E-state index in [0.29, 0.717) is 0 Å². The minimum atomic E-state index is 0. The van der Waals surface area contributed by atoms with E-state index in [2.05, 4.69) is 45.0 Å². The molecule has 0 N–H and O–H groups in total. The molecule has 2 unspecified atom stereocenters. The molecule has 0 saturated carbocycles. The lowest BCUT2D eigenvalue weighted by atomic mass is 9.71. The maximum absolute atomic E-state index is 2.49. The van der Waals surface area contributed by atoms with Gasteiger partial charge in [0.1, 0.15) is 6.04 Å². The van der Waals surface area contributed by atoms with Crippen LogP contribution in [0.25, 0.3) is 0 Å². The van der Waals surface area contributed by atoms with Crippen molar-refractivity contribution in [3.8, 4) is 0 Å². The Balaban J connectivity index is 0.00000162. The van der Waals surface area contributed by atoms with E-state index < -0.39 is 0 Å². The largest absolute Gasteiger partial charge is 1.00 e. The average molecular weight is 367 g/mol. The van der Waals surface area contributed by atoms with Crippen LogP contribution in [-0.2, 0) is 0 Å². The Hall–Kier alpha value is 0.610. The molecule has 3 aliphatic heterocycles. The van der Waals surface area contributed by atoms with Crippen molar-refractivity contribution in [3.05, 3.63) is 0 Å². The van der Waals surface area contributed by atoms with Crippen molar-refractivity contribution >= 4 is 0 Å². The summed E-state index contributed by atoms with van der Waals surface area (Å²) in [4.78, 5) is 4.78. The van der Waals surface area contributed by atoms with Crippen molar-refractivity contribution in [2.45, 2.75) is 18.9 Å². The fraction of sp³-hybridized carbons (Fsp3) is 1.00. The summed E-state index contributed by atoms with van der Waals surface area (Å²) in [5.41, 5.74) is 0. The van der Waals surface area contributed by atoms with E-state index >= 15 is 0 Å². The van der Waals surface area contributed by atoms with Gasteiger partial charge in [0.15, 0.2) is 0 Å². The molecule has 2 bridgehead atoms. The van der Waals surface area contributed by atoms with Gasteiger partial charge in [0, 0.05) is 25.3 Å². The molecule has 108 valence electrons. The molecule has 0 aliphatic carbocycles. The molecule has 0 aromatic heterocycles. The molecule has 3 nitrogen and oxygen atoms in total. The molecule has 0 amide bonds. The summed E-state index contributed by atoms with van der Waals surface area (Å²) in [7, 11) is 11.4. The van der Waals surface area contributed by atoms with Crippen molar-refractivity contribution in [2.75, 3.05) is 61.4 Å². The third-order valence-corrected chi connectivity index (χ3v) is 5.05. The summed E-state index contributed by atoms with van der Waals surface area (Å²) in [6.07, 6.45) is 2.91. The second-order valence-corrected chi connectivity index (χ2v) is 7.02. The van der Waals surface area contributed by atoms with Crippen LogP contribution in [0.5, 0.6) is 0 Å². The predicted molar refractivity (Wildman–Crippen MR) is 73.0 cm³/mol.